The molecule has 1 aromatic heterocycles. The highest BCUT2D eigenvalue weighted by atomic mass is 32.2. The number of rotatable bonds is 8. The lowest BCUT2D eigenvalue weighted by molar-refractivity contribution is 0.212. The number of sulfone groups is 1. The van der Waals surface area contributed by atoms with Crippen LogP contribution in [0.25, 0.3) is 11.1 Å². The fraction of sp³-hybridized carbons (Fsp3) is 0.320. The molecule has 0 radical (unpaired) electrons. The third kappa shape index (κ3) is 5.90. The van der Waals surface area contributed by atoms with Crippen LogP contribution in [0, 0.1) is 12.1 Å². The normalized spacial score (nSPS) is 20.5. The molecule has 0 amide bonds. The van der Waals surface area contributed by atoms with Gasteiger partial charge in [0.15, 0.2) is 15.9 Å². The van der Waals surface area contributed by atoms with Gasteiger partial charge in [-0.25, -0.2) is 8.42 Å². The molecule has 2 heterocycles. The van der Waals surface area contributed by atoms with E-state index in [1.54, 1.807) is 24.5 Å². The Labute approximate surface area is 194 Å². The summed E-state index contributed by atoms with van der Waals surface area (Å²) in [5.41, 5.74) is 3.64. The van der Waals surface area contributed by atoms with Gasteiger partial charge in [0.25, 0.3) is 0 Å². The third-order valence-electron chi connectivity index (χ3n) is 5.82. The van der Waals surface area contributed by atoms with Crippen molar-refractivity contribution in [1.29, 1.82) is 0 Å². The minimum atomic E-state index is -3.08. The zero-order valence-electron chi connectivity index (χ0n) is 18.8. The van der Waals surface area contributed by atoms with Gasteiger partial charge in [-0.1, -0.05) is 12.1 Å². The maximum atomic E-state index is 13.5. The molecule has 174 valence electrons. The molecular formula is C25H28N2O5S. The third-order valence-corrected chi connectivity index (χ3v) is 6.73. The summed E-state index contributed by atoms with van der Waals surface area (Å²) < 4.78 is 33.8. The first-order valence-corrected chi connectivity index (χ1v) is 12.9. The van der Waals surface area contributed by atoms with Gasteiger partial charge < -0.3 is 19.3 Å². The van der Waals surface area contributed by atoms with Crippen molar-refractivity contribution in [2.24, 2.45) is 0 Å². The quantitative estimate of drug-likeness (QED) is 0.365. The van der Waals surface area contributed by atoms with Gasteiger partial charge in [-0.15, -0.1) is 0 Å². The van der Waals surface area contributed by atoms with E-state index in [-0.39, 0.29) is 18.5 Å². The number of benzene rings is 2. The molecule has 1 aliphatic rings. The molecule has 1 aliphatic heterocycles. The lowest BCUT2D eigenvalue weighted by atomic mass is 10.1. The summed E-state index contributed by atoms with van der Waals surface area (Å²) in [5.74, 6) is 1.30. The second kappa shape index (κ2) is 9.51. The van der Waals surface area contributed by atoms with Crippen molar-refractivity contribution in [1.82, 2.24) is 9.63 Å². The van der Waals surface area contributed by atoms with Crippen LogP contribution >= 0.6 is 0 Å². The molecule has 3 aromatic rings. The number of ether oxygens (including phenoxy) is 2. The van der Waals surface area contributed by atoms with Crippen LogP contribution in [0.4, 0.5) is 5.69 Å². The summed E-state index contributed by atoms with van der Waals surface area (Å²) in [7, 11) is -3.08. The second-order valence-corrected chi connectivity index (χ2v) is 10.8. The Morgan fingerprint density at radius 1 is 1.06 bits per heavy atom. The number of quaternary nitrogens is 1. The maximum Gasteiger partial charge on any atom is 0.153 e. The lowest BCUT2D eigenvalue weighted by Crippen LogP contribution is -2.42. The monoisotopic (exact) mass is 468 g/mol. The molecule has 4 rings (SSSR count). The minimum Gasteiger partial charge on any atom is -0.627 e. The van der Waals surface area contributed by atoms with E-state index in [1.807, 2.05) is 49.4 Å². The van der Waals surface area contributed by atoms with Crippen molar-refractivity contribution in [3.63, 3.8) is 0 Å². The van der Waals surface area contributed by atoms with Gasteiger partial charge in [-0.3, -0.25) is 4.98 Å². The summed E-state index contributed by atoms with van der Waals surface area (Å²) in [6.07, 6.45) is 5.21. The number of pyridine rings is 1. The molecular weight excluding hydrogens is 440 g/mol. The molecule has 0 N–H and O–H groups in total. The van der Waals surface area contributed by atoms with Crippen molar-refractivity contribution in [3.8, 4) is 22.6 Å². The largest absolute Gasteiger partial charge is 0.627 e. The van der Waals surface area contributed by atoms with Crippen LogP contribution in [-0.2, 0) is 9.84 Å². The van der Waals surface area contributed by atoms with Gasteiger partial charge in [0.1, 0.15) is 30.3 Å². The Balaban J connectivity index is 1.37. The standard InChI is InChI=1S/C25H28N2O5S/c1-19-17-22(5-8-25(19)31-15-16-33(2,29)30)27(28)14-11-24(18-27)32-23-6-3-20(4-7-23)21-9-12-26-13-10-21/h3-10,12-13,17,24H,11,14-16,18H2,1-2H3. The van der Waals surface area contributed by atoms with Gasteiger partial charge in [-0.05, 0) is 53.9 Å². The first-order valence-electron chi connectivity index (χ1n) is 10.9. The average molecular weight is 469 g/mol. The molecule has 8 heteroatoms. The van der Waals surface area contributed by atoms with E-state index in [2.05, 4.69) is 4.98 Å². The van der Waals surface area contributed by atoms with Gasteiger partial charge >= 0.3 is 0 Å². The summed E-state index contributed by atoms with van der Waals surface area (Å²) in [5, 5.41) is 13.5. The van der Waals surface area contributed by atoms with Gasteiger partial charge in [-0.2, -0.15) is 0 Å². The predicted molar refractivity (Wildman–Crippen MR) is 130 cm³/mol. The highest BCUT2D eigenvalue weighted by Gasteiger charge is 2.35. The molecule has 1 saturated heterocycles. The van der Waals surface area contributed by atoms with Crippen molar-refractivity contribution in [3.05, 3.63) is 77.8 Å². The van der Waals surface area contributed by atoms with Crippen LogP contribution in [0.5, 0.6) is 11.5 Å². The van der Waals surface area contributed by atoms with Gasteiger partial charge in [0.2, 0.25) is 0 Å². The van der Waals surface area contributed by atoms with E-state index >= 15 is 0 Å². The van der Waals surface area contributed by atoms with Crippen molar-refractivity contribution in [2.75, 3.05) is 31.7 Å². The van der Waals surface area contributed by atoms with Crippen LogP contribution in [-0.4, -0.2) is 51.2 Å². The second-order valence-electron chi connectivity index (χ2n) is 8.51. The molecule has 7 nitrogen and oxygen atoms in total. The summed E-state index contributed by atoms with van der Waals surface area (Å²) in [4.78, 5) is 4.04. The fourth-order valence-electron chi connectivity index (χ4n) is 4.01. The maximum absolute atomic E-state index is 13.5. The van der Waals surface area contributed by atoms with Crippen LogP contribution in [0.15, 0.2) is 67.0 Å². The van der Waals surface area contributed by atoms with Gasteiger partial charge in [0.05, 0.1) is 12.3 Å². The zero-order valence-corrected chi connectivity index (χ0v) is 19.6. The molecule has 2 unspecified atom stereocenters. The Kier molecular flexibility index (Phi) is 6.69. The number of hydrogen-bond acceptors (Lipinski definition) is 6. The first kappa shape index (κ1) is 23.2. The summed E-state index contributed by atoms with van der Waals surface area (Å²) in [6, 6.07) is 17.1. The van der Waals surface area contributed by atoms with Crippen molar-refractivity contribution < 1.29 is 17.9 Å². The van der Waals surface area contributed by atoms with E-state index in [4.69, 9.17) is 9.47 Å². The van der Waals surface area contributed by atoms with E-state index in [0.717, 1.165) is 22.4 Å². The Morgan fingerprint density at radius 3 is 2.42 bits per heavy atom. The molecule has 0 aliphatic carbocycles. The molecule has 0 saturated carbocycles. The molecule has 2 aromatic carbocycles. The van der Waals surface area contributed by atoms with E-state index in [9.17, 15) is 13.6 Å². The average Bonchev–Trinajstić information content (AvgIpc) is 3.17. The molecule has 0 bridgehead atoms. The fourth-order valence-corrected chi connectivity index (χ4v) is 4.40. The number of hydrogen-bond donors (Lipinski definition) is 0. The lowest BCUT2D eigenvalue weighted by Gasteiger charge is -2.38. The molecule has 0 spiro atoms. The first-order chi connectivity index (χ1) is 15.7. The highest BCUT2D eigenvalue weighted by molar-refractivity contribution is 7.90. The number of aromatic nitrogens is 1. The van der Waals surface area contributed by atoms with E-state index in [0.29, 0.717) is 30.9 Å². The van der Waals surface area contributed by atoms with Crippen LogP contribution in [0.1, 0.15) is 12.0 Å². The summed E-state index contributed by atoms with van der Waals surface area (Å²) in [6.45, 7) is 2.72. The Bertz CT molecular complexity index is 1200. The van der Waals surface area contributed by atoms with Gasteiger partial charge in [0, 0.05) is 37.2 Å². The SMILES string of the molecule is Cc1cc([N+]2([O-])CCC(Oc3ccc(-c4ccncc4)cc3)C2)ccc1OCCS(C)(=O)=O. The predicted octanol–water partition coefficient (Wildman–Crippen LogP) is 4.14. The number of aryl methyl sites for hydroxylation is 1. The van der Waals surface area contributed by atoms with Crippen molar-refractivity contribution >= 4 is 15.5 Å². The minimum absolute atomic E-state index is 0.0434. The molecule has 1 fully saturated rings. The van der Waals surface area contributed by atoms with Crippen LogP contribution in [0.3, 0.4) is 0 Å². The summed E-state index contributed by atoms with van der Waals surface area (Å²) >= 11 is 0. The van der Waals surface area contributed by atoms with Crippen LogP contribution < -0.4 is 14.1 Å². The number of hydroxylamine groups is 2. The highest BCUT2D eigenvalue weighted by Crippen LogP contribution is 2.34. The molecule has 2 atom stereocenters. The topological polar surface area (TPSA) is 88.5 Å². The Morgan fingerprint density at radius 2 is 1.76 bits per heavy atom. The van der Waals surface area contributed by atoms with Crippen LogP contribution in [0.2, 0.25) is 0 Å². The Hall–Kier alpha value is -2.94. The number of nitrogens with zero attached hydrogens (tertiary/aromatic N) is 2. The molecule has 33 heavy (non-hydrogen) atoms. The zero-order chi connectivity index (χ0) is 23.5. The van der Waals surface area contributed by atoms with E-state index in [1.165, 1.54) is 6.26 Å². The van der Waals surface area contributed by atoms with Crippen molar-refractivity contribution in [2.45, 2.75) is 19.4 Å². The van der Waals surface area contributed by atoms with E-state index < -0.39 is 14.5 Å². The smallest absolute Gasteiger partial charge is 0.153 e.